The van der Waals surface area contributed by atoms with E-state index in [1.807, 2.05) is 12.3 Å². The minimum atomic E-state index is -0.507. The van der Waals surface area contributed by atoms with Crippen LogP contribution in [0.4, 0.5) is 0 Å². The van der Waals surface area contributed by atoms with E-state index in [-0.39, 0.29) is 19.1 Å². The van der Waals surface area contributed by atoms with Crippen molar-refractivity contribution in [1.82, 2.24) is 10.3 Å². The number of aromatic nitrogens is 1. The van der Waals surface area contributed by atoms with E-state index in [2.05, 4.69) is 10.3 Å². The van der Waals surface area contributed by atoms with Crippen LogP contribution in [0.1, 0.15) is 21.1 Å². The third-order valence-corrected chi connectivity index (χ3v) is 3.62. The maximum Gasteiger partial charge on any atom is 0.325 e. The van der Waals surface area contributed by atoms with E-state index in [0.717, 1.165) is 5.01 Å². The van der Waals surface area contributed by atoms with Crippen LogP contribution in [0, 0.1) is 6.92 Å². The van der Waals surface area contributed by atoms with E-state index in [9.17, 15) is 9.59 Å². The van der Waals surface area contributed by atoms with Crippen molar-refractivity contribution < 1.29 is 19.1 Å². The summed E-state index contributed by atoms with van der Waals surface area (Å²) in [6.45, 7) is 1.81. The van der Waals surface area contributed by atoms with Crippen molar-refractivity contribution in [2.75, 3.05) is 13.7 Å². The van der Waals surface area contributed by atoms with Crippen LogP contribution < -0.4 is 10.1 Å². The second-order valence-corrected chi connectivity index (χ2v) is 5.49. The lowest BCUT2D eigenvalue weighted by Crippen LogP contribution is -2.30. The number of ether oxygens (including phenoxy) is 2. The Hall–Kier alpha value is -2.41. The van der Waals surface area contributed by atoms with Gasteiger partial charge in [0.15, 0.2) is 0 Å². The molecule has 7 heteroatoms. The Morgan fingerprint density at radius 2 is 2.00 bits per heavy atom. The van der Waals surface area contributed by atoms with Crippen molar-refractivity contribution in [3.8, 4) is 5.75 Å². The summed E-state index contributed by atoms with van der Waals surface area (Å²) in [6.07, 6.45) is 0. The first-order valence-corrected chi connectivity index (χ1v) is 7.45. The highest BCUT2D eigenvalue weighted by atomic mass is 32.1. The lowest BCUT2D eigenvalue weighted by molar-refractivity contribution is -0.143. The number of thiazole rings is 1. The molecule has 0 bridgehead atoms. The van der Waals surface area contributed by atoms with Gasteiger partial charge in [0.1, 0.15) is 18.9 Å². The molecule has 0 radical (unpaired) electrons. The van der Waals surface area contributed by atoms with Crippen LogP contribution in [-0.2, 0) is 16.1 Å². The molecule has 22 heavy (non-hydrogen) atoms. The second kappa shape index (κ2) is 7.56. The topological polar surface area (TPSA) is 77.5 Å². The molecule has 116 valence electrons. The lowest BCUT2D eigenvalue weighted by Gasteiger charge is -2.06. The molecule has 1 N–H and O–H groups in total. The van der Waals surface area contributed by atoms with Crippen molar-refractivity contribution >= 4 is 23.2 Å². The third kappa shape index (κ3) is 4.56. The Kier molecular flexibility index (Phi) is 5.48. The summed E-state index contributed by atoms with van der Waals surface area (Å²) >= 11 is 1.49. The number of carbonyl (C=O) groups excluding carboxylic acids is 2. The molecule has 1 amide bonds. The zero-order valence-electron chi connectivity index (χ0n) is 12.3. The fourth-order valence-corrected chi connectivity index (χ4v) is 2.27. The fraction of sp³-hybridized carbons (Fsp3) is 0.267. The summed E-state index contributed by atoms with van der Waals surface area (Å²) in [5.41, 5.74) is 1.15. The molecule has 2 rings (SSSR count). The highest BCUT2D eigenvalue weighted by Crippen LogP contribution is 2.11. The SMILES string of the molecule is COc1ccc(C(=O)NCC(=O)OCc2csc(C)n2)cc1. The molecule has 0 aliphatic heterocycles. The number of nitrogens with zero attached hydrogens (tertiary/aromatic N) is 1. The van der Waals surface area contributed by atoms with Gasteiger partial charge in [-0.3, -0.25) is 9.59 Å². The number of benzene rings is 1. The number of esters is 1. The summed E-state index contributed by atoms with van der Waals surface area (Å²) in [7, 11) is 1.55. The van der Waals surface area contributed by atoms with Crippen LogP contribution in [0.25, 0.3) is 0 Å². The highest BCUT2D eigenvalue weighted by Gasteiger charge is 2.10. The van der Waals surface area contributed by atoms with Crippen LogP contribution in [0.15, 0.2) is 29.6 Å². The Bertz CT molecular complexity index is 652. The van der Waals surface area contributed by atoms with Gasteiger partial charge >= 0.3 is 5.97 Å². The van der Waals surface area contributed by atoms with Crippen molar-refractivity contribution in [1.29, 1.82) is 0 Å². The molecule has 0 unspecified atom stereocenters. The van der Waals surface area contributed by atoms with Gasteiger partial charge in [0.25, 0.3) is 5.91 Å². The maximum absolute atomic E-state index is 11.9. The van der Waals surface area contributed by atoms with Gasteiger partial charge in [-0.2, -0.15) is 0 Å². The predicted octanol–water partition coefficient (Wildman–Crippen LogP) is 1.93. The normalized spacial score (nSPS) is 10.1. The summed E-state index contributed by atoms with van der Waals surface area (Å²) in [4.78, 5) is 27.6. The number of nitrogens with one attached hydrogen (secondary N) is 1. The van der Waals surface area contributed by atoms with Gasteiger partial charge in [0.2, 0.25) is 0 Å². The summed E-state index contributed by atoms with van der Waals surface area (Å²) < 4.78 is 10.0. The van der Waals surface area contributed by atoms with Gasteiger partial charge in [-0.05, 0) is 31.2 Å². The minimum Gasteiger partial charge on any atom is -0.497 e. The Morgan fingerprint density at radius 1 is 1.27 bits per heavy atom. The predicted molar refractivity (Wildman–Crippen MR) is 82.0 cm³/mol. The van der Waals surface area contributed by atoms with Crippen LogP contribution in [0.5, 0.6) is 5.75 Å². The van der Waals surface area contributed by atoms with Gasteiger partial charge in [0.05, 0.1) is 17.8 Å². The van der Waals surface area contributed by atoms with Gasteiger partial charge < -0.3 is 14.8 Å². The van der Waals surface area contributed by atoms with Crippen molar-refractivity contribution in [3.05, 3.63) is 45.9 Å². The van der Waals surface area contributed by atoms with E-state index < -0.39 is 5.97 Å². The largest absolute Gasteiger partial charge is 0.497 e. The summed E-state index contributed by atoms with van der Waals surface area (Å²) in [6, 6.07) is 6.60. The van der Waals surface area contributed by atoms with Crippen molar-refractivity contribution in [2.45, 2.75) is 13.5 Å². The van der Waals surface area contributed by atoms with E-state index >= 15 is 0 Å². The van der Waals surface area contributed by atoms with Gasteiger partial charge in [-0.1, -0.05) is 0 Å². The monoisotopic (exact) mass is 320 g/mol. The highest BCUT2D eigenvalue weighted by molar-refractivity contribution is 7.09. The molecule has 0 saturated carbocycles. The Morgan fingerprint density at radius 3 is 2.59 bits per heavy atom. The smallest absolute Gasteiger partial charge is 0.325 e. The van der Waals surface area contributed by atoms with E-state index in [1.54, 1.807) is 31.4 Å². The Balaban J connectivity index is 1.76. The summed E-state index contributed by atoms with van der Waals surface area (Å²) in [5, 5.41) is 5.25. The van der Waals surface area contributed by atoms with Crippen LogP contribution in [0.2, 0.25) is 0 Å². The fourth-order valence-electron chi connectivity index (χ4n) is 1.68. The quantitative estimate of drug-likeness (QED) is 0.823. The standard InChI is InChI=1S/C15H16N2O4S/c1-10-17-12(9-22-10)8-21-14(18)7-16-15(19)11-3-5-13(20-2)6-4-11/h3-6,9H,7-8H2,1-2H3,(H,16,19). The van der Waals surface area contributed by atoms with Crippen LogP contribution in [0.3, 0.4) is 0 Å². The zero-order valence-corrected chi connectivity index (χ0v) is 13.1. The molecule has 0 aliphatic carbocycles. The molecular formula is C15H16N2O4S. The number of aryl methyl sites for hydroxylation is 1. The van der Waals surface area contributed by atoms with Gasteiger partial charge in [0, 0.05) is 10.9 Å². The van der Waals surface area contributed by atoms with Crippen LogP contribution in [-0.4, -0.2) is 30.5 Å². The van der Waals surface area contributed by atoms with Gasteiger partial charge in [-0.15, -0.1) is 11.3 Å². The number of amides is 1. The first-order chi connectivity index (χ1) is 10.6. The molecule has 1 aromatic carbocycles. The Labute approximate surface area is 132 Å². The second-order valence-electron chi connectivity index (χ2n) is 4.43. The van der Waals surface area contributed by atoms with Gasteiger partial charge in [-0.25, -0.2) is 4.98 Å². The number of carbonyl (C=O) groups is 2. The van der Waals surface area contributed by atoms with E-state index in [4.69, 9.17) is 9.47 Å². The van der Waals surface area contributed by atoms with E-state index in [1.165, 1.54) is 11.3 Å². The molecule has 0 spiro atoms. The third-order valence-electron chi connectivity index (χ3n) is 2.79. The lowest BCUT2D eigenvalue weighted by atomic mass is 10.2. The zero-order chi connectivity index (χ0) is 15.9. The molecule has 1 heterocycles. The number of hydrogen-bond acceptors (Lipinski definition) is 6. The first kappa shape index (κ1) is 16.0. The first-order valence-electron chi connectivity index (χ1n) is 6.57. The molecule has 0 atom stereocenters. The molecule has 6 nitrogen and oxygen atoms in total. The molecule has 0 aliphatic rings. The van der Waals surface area contributed by atoms with Crippen LogP contribution >= 0.6 is 11.3 Å². The molecule has 2 aromatic rings. The summed E-state index contributed by atoms with van der Waals surface area (Å²) in [5.74, 6) is -0.189. The molecular weight excluding hydrogens is 304 g/mol. The molecule has 0 fully saturated rings. The molecule has 0 saturated heterocycles. The minimum absolute atomic E-state index is 0.113. The average molecular weight is 320 g/mol. The van der Waals surface area contributed by atoms with Crippen molar-refractivity contribution in [3.63, 3.8) is 0 Å². The average Bonchev–Trinajstić information content (AvgIpc) is 2.96. The number of rotatable bonds is 6. The number of hydrogen-bond donors (Lipinski definition) is 1. The number of methoxy groups -OCH3 is 1. The molecule has 1 aromatic heterocycles. The maximum atomic E-state index is 11.9. The van der Waals surface area contributed by atoms with E-state index in [0.29, 0.717) is 17.0 Å². The van der Waals surface area contributed by atoms with Crippen molar-refractivity contribution in [2.24, 2.45) is 0 Å².